The summed E-state index contributed by atoms with van der Waals surface area (Å²) in [6, 6.07) is 7.60. The zero-order valence-corrected chi connectivity index (χ0v) is 12.7. The van der Waals surface area contributed by atoms with Crippen molar-refractivity contribution in [3.8, 4) is 11.8 Å². The maximum absolute atomic E-state index is 12.3. The minimum atomic E-state index is -0.127. The van der Waals surface area contributed by atoms with Gasteiger partial charge in [0.05, 0.1) is 12.2 Å². The van der Waals surface area contributed by atoms with Crippen LogP contribution in [0.15, 0.2) is 35.0 Å². The lowest BCUT2D eigenvalue weighted by molar-refractivity contribution is 0.0950. The van der Waals surface area contributed by atoms with E-state index in [-0.39, 0.29) is 12.5 Å². The Morgan fingerprint density at radius 3 is 2.95 bits per heavy atom. The third-order valence-electron chi connectivity index (χ3n) is 2.91. The molecule has 2 rings (SSSR count). The van der Waals surface area contributed by atoms with Crippen LogP contribution in [0.25, 0.3) is 0 Å². The first kappa shape index (κ1) is 15.3. The Morgan fingerprint density at radius 1 is 1.38 bits per heavy atom. The van der Waals surface area contributed by atoms with Crippen LogP contribution in [0.5, 0.6) is 0 Å². The molecule has 0 saturated heterocycles. The summed E-state index contributed by atoms with van der Waals surface area (Å²) < 4.78 is 0. The minimum Gasteiger partial charge on any atom is -0.395 e. The van der Waals surface area contributed by atoms with Crippen molar-refractivity contribution in [2.24, 2.45) is 0 Å². The van der Waals surface area contributed by atoms with E-state index < -0.39 is 0 Å². The van der Waals surface area contributed by atoms with Gasteiger partial charge in [-0.25, -0.2) is 0 Å². The van der Waals surface area contributed by atoms with Gasteiger partial charge in [-0.15, -0.1) is 0 Å². The lowest BCUT2D eigenvalue weighted by Gasteiger charge is -2.07. The standard InChI is InChI=1S/C17H17NO2S/c1-13-5-6-15(4-2-3-8-19)16(10-13)17(20)18-11-14-7-9-21-12-14/h5-7,9-10,12,19H,3,8,11H2,1H3,(H,18,20). The smallest absolute Gasteiger partial charge is 0.252 e. The maximum atomic E-state index is 12.3. The van der Waals surface area contributed by atoms with Crippen LogP contribution in [0, 0.1) is 18.8 Å². The zero-order chi connectivity index (χ0) is 15.1. The fourth-order valence-corrected chi connectivity index (χ4v) is 2.51. The number of hydrogen-bond donors (Lipinski definition) is 2. The summed E-state index contributed by atoms with van der Waals surface area (Å²) in [5.41, 5.74) is 3.38. The molecule has 3 nitrogen and oxygen atoms in total. The van der Waals surface area contributed by atoms with Crippen LogP contribution in [0.1, 0.15) is 33.5 Å². The number of amides is 1. The van der Waals surface area contributed by atoms with Crippen molar-refractivity contribution >= 4 is 17.2 Å². The summed E-state index contributed by atoms with van der Waals surface area (Å²) in [6.07, 6.45) is 0.407. The first-order valence-electron chi connectivity index (χ1n) is 6.70. The van der Waals surface area contributed by atoms with Gasteiger partial charge in [0.15, 0.2) is 0 Å². The van der Waals surface area contributed by atoms with Crippen LogP contribution in [-0.4, -0.2) is 17.6 Å². The van der Waals surface area contributed by atoms with Gasteiger partial charge in [-0.1, -0.05) is 23.5 Å². The number of hydrogen-bond acceptors (Lipinski definition) is 3. The molecule has 1 aromatic heterocycles. The van der Waals surface area contributed by atoms with Crippen LogP contribution >= 0.6 is 11.3 Å². The first-order chi connectivity index (χ1) is 10.2. The Bertz CT molecular complexity index is 666. The molecule has 0 aliphatic rings. The number of aliphatic hydroxyl groups is 1. The Balaban J connectivity index is 2.15. The fraction of sp³-hybridized carbons (Fsp3) is 0.235. The lowest BCUT2D eigenvalue weighted by atomic mass is 10.0. The van der Waals surface area contributed by atoms with Crippen molar-refractivity contribution in [2.75, 3.05) is 6.61 Å². The number of nitrogens with one attached hydrogen (secondary N) is 1. The molecule has 0 atom stereocenters. The Hall–Kier alpha value is -2.09. The number of rotatable bonds is 4. The van der Waals surface area contributed by atoms with E-state index in [1.807, 2.05) is 41.9 Å². The lowest BCUT2D eigenvalue weighted by Crippen LogP contribution is -2.23. The van der Waals surface area contributed by atoms with Gasteiger partial charge in [0, 0.05) is 18.5 Å². The highest BCUT2D eigenvalue weighted by atomic mass is 32.1. The molecule has 2 N–H and O–H groups in total. The van der Waals surface area contributed by atoms with Gasteiger partial charge < -0.3 is 10.4 Å². The third kappa shape index (κ3) is 4.45. The normalized spacial score (nSPS) is 9.81. The summed E-state index contributed by atoms with van der Waals surface area (Å²) in [7, 11) is 0. The highest BCUT2D eigenvalue weighted by Gasteiger charge is 2.10. The summed E-state index contributed by atoms with van der Waals surface area (Å²) in [5, 5.41) is 15.7. The average molecular weight is 299 g/mol. The highest BCUT2D eigenvalue weighted by Crippen LogP contribution is 2.12. The number of carbonyl (C=O) groups is 1. The molecule has 1 heterocycles. The minimum absolute atomic E-state index is 0.0263. The van der Waals surface area contributed by atoms with Crippen molar-refractivity contribution in [2.45, 2.75) is 19.9 Å². The predicted molar refractivity (Wildman–Crippen MR) is 85.2 cm³/mol. The highest BCUT2D eigenvalue weighted by molar-refractivity contribution is 7.07. The van der Waals surface area contributed by atoms with Crippen LogP contribution in [0.4, 0.5) is 0 Å². The van der Waals surface area contributed by atoms with E-state index in [9.17, 15) is 4.79 Å². The van der Waals surface area contributed by atoms with Crippen molar-refractivity contribution in [1.82, 2.24) is 5.32 Å². The molecule has 2 aromatic rings. The summed E-state index contributed by atoms with van der Waals surface area (Å²) in [4.78, 5) is 12.3. The third-order valence-corrected chi connectivity index (χ3v) is 3.64. The summed E-state index contributed by atoms with van der Waals surface area (Å²) in [6.45, 7) is 2.49. The van der Waals surface area contributed by atoms with Gasteiger partial charge in [-0.2, -0.15) is 11.3 Å². The second-order valence-corrected chi connectivity index (χ2v) is 5.42. The molecule has 0 bridgehead atoms. The van der Waals surface area contributed by atoms with Crippen molar-refractivity contribution in [3.05, 3.63) is 57.3 Å². The second-order valence-electron chi connectivity index (χ2n) is 4.64. The van der Waals surface area contributed by atoms with Gasteiger partial charge in [0.2, 0.25) is 0 Å². The molecule has 4 heteroatoms. The molecule has 0 aliphatic carbocycles. The molecule has 1 amide bonds. The molecular weight excluding hydrogens is 282 g/mol. The second kappa shape index (κ2) is 7.63. The van der Waals surface area contributed by atoms with Crippen molar-refractivity contribution < 1.29 is 9.90 Å². The average Bonchev–Trinajstić information content (AvgIpc) is 3.00. The quantitative estimate of drug-likeness (QED) is 0.853. The van der Waals surface area contributed by atoms with E-state index in [1.165, 1.54) is 0 Å². The molecule has 0 unspecified atom stereocenters. The van der Waals surface area contributed by atoms with E-state index in [1.54, 1.807) is 11.3 Å². The van der Waals surface area contributed by atoms with Gasteiger partial charge >= 0.3 is 0 Å². The topological polar surface area (TPSA) is 49.3 Å². The number of benzene rings is 1. The Kier molecular flexibility index (Phi) is 5.56. The molecule has 0 saturated carbocycles. The van der Waals surface area contributed by atoms with E-state index >= 15 is 0 Å². The Labute approximate surface area is 128 Å². The van der Waals surface area contributed by atoms with Crippen LogP contribution in [-0.2, 0) is 6.54 Å². The van der Waals surface area contributed by atoms with Gasteiger partial charge in [-0.05, 0) is 41.4 Å². The van der Waals surface area contributed by atoms with Crippen LogP contribution < -0.4 is 5.32 Å². The fourth-order valence-electron chi connectivity index (χ4n) is 1.84. The van der Waals surface area contributed by atoms with Gasteiger partial charge in [0.25, 0.3) is 5.91 Å². The molecule has 0 aliphatic heterocycles. The van der Waals surface area contributed by atoms with Crippen molar-refractivity contribution in [3.63, 3.8) is 0 Å². The number of aliphatic hydroxyl groups excluding tert-OH is 1. The molecule has 21 heavy (non-hydrogen) atoms. The molecule has 0 radical (unpaired) electrons. The van der Waals surface area contributed by atoms with E-state index in [4.69, 9.17) is 5.11 Å². The van der Waals surface area contributed by atoms with Gasteiger partial charge in [0.1, 0.15) is 0 Å². The monoisotopic (exact) mass is 299 g/mol. The van der Waals surface area contributed by atoms with E-state index in [0.29, 0.717) is 24.1 Å². The SMILES string of the molecule is Cc1ccc(C#CCCO)c(C(=O)NCc2ccsc2)c1. The first-order valence-corrected chi connectivity index (χ1v) is 7.64. The van der Waals surface area contributed by atoms with Crippen LogP contribution in [0.3, 0.4) is 0 Å². The Morgan fingerprint density at radius 2 is 2.24 bits per heavy atom. The van der Waals surface area contributed by atoms with E-state index in [2.05, 4.69) is 17.2 Å². The molecular formula is C17H17NO2S. The van der Waals surface area contributed by atoms with Crippen LogP contribution in [0.2, 0.25) is 0 Å². The number of aryl methyl sites for hydroxylation is 1. The zero-order valence-electron chi connectivity index (χ0n) is 11.8. The predicted octanol–water partition coefficient (Wildman–Crippen LogP) is 2.72. The summed E-state index contributed by atoms with van der Waals surface area (Å²) in [5.74, 6) is 5.68. The largest absolute Gasteiger partial charge is 0.395 e. The maximum Gasteiger partial charge on any atom is 0.252 e. The molecule has 0 fully saturated rings. The van der Waals surface area contributed by atoms with E-state index in [0.717, 1.165) is 11.1 Å². The molecule has 0 spiro atoms. The number of thiophene rings is 1. The molecule has 1 aromatic carbocycles. The van der Waals surface area contributed by atoms with Gasteiger partial charge in [-0.3, -0.25) is 4.79 Å². The number of carbonyl (C=O) groups excluding carboxylic acids is 1. The summed E-state index contributed by atoms with van der Waals surface area (Å²) >= 11 is 1.61. The van der Waals surface area contributed by atoms with Crippen molar-refractivity contribution in [1.29, 1.82) is 0 Å². The molecule has 108 valence electrons.